The molecule has 4 N–H and O–H groups in total. The van der Waals surface area contributed by atoms with E-state index in [2.05, 4.69) is 15.3 Å². The van der Waals surface area contributed by atoms with Gasteiger partial charge in [0.15, 0.2) is 5.69 Å². The first-order valence-corrected chi connectivity index (χ1v) is 11.4. The lowest BCUT2D eigenvalue weighted by Gasteiger charge is -2.14. The zero-order valence-corrected chi connectivity index (χ0v) is 19.2. The number of aliphatic hydroxyl groups excluding tert-OH is 1. The number of hydrogen-bond donors (Lipinski definition) is 3. The predicted molar refractivity (Wildman–Crippen MR) is 130 cm³/mol. The Morgan fingerprint density at radius 2 is 2.15 bits per heavy atom. The Bertz CT molecular complexity index is 1240. The largest absolute Gasteiger partial charge is 0.404 e. The fourth-order valence-electron chi connectivity index (χ4n) is 4.62. The van der Waals surface area contributed by atoms with E-state index in [1.807, 2.05) is 4.57 Å². The summed E-state index contributed by atoms with van der Waals surface area (Å²) in [5.74, 6) is 0.389. The van der Waals surface area contributed by atoms with E-state index in [1.165, 1.54) is 18.3 Å². The molecular formula is C25H29FN6O2. The number of nitrogens with two attached hydrogens (primary N) is 1. The normalized spacial score (nSPS) is 15.0. The summed E-state index contributed by atoms with van der Waals surface area (Å²) < 4.78 is 16.2. The smallest absolute Gasteiger partial charge is 0.272 e. The van der Waals surface area contributed by atoms with Crippen molar-refractivity contribution in [2.24, 2.45) is 10.7 Å². The number of allylic oxidation sites excluding steroid dienone is 1. The standard InChI is InChI=1S/C25H29FN6O2/c1-28-15-19(13-27)18-10-16(11-20(26)12-18)14-30-25(34)22-23-21(6-7-29-22)31-24(32(23)8-9-33)17-4-2-3-5-17/h6-7,10-13,15,17,33H,2-5,8-9,14,27H2,1H3,(H,30,34). The number of benzene rings is 1. The van der Waals surface area contributed by atoms with Crippen molar-refractivity contribution in [3.05, 3.63) is 65.1 Å². The third-order valence-corrected chi connectivity index (χ3v) is 6.14. The molecule has 0 radical (unpaired) electrons. The van der Waals surface area contributed by atoms with E-state index in [9.17, 15) is 14.3 Å². The number of rotatable bonds is 8. The Balaban J connectivity index is 1.62. The van der Waals surface area contributed by atoms with E-state index in [-0.39, 0.29) is 18.8 Å². The summed E-state index contributed by atoms with van der Waals surface area (Å²) in [4.78, 5) is 26.2. The minimum Gasteiger partial charge on any atom is -0.404 e. The third-order valence-electron chi connectivity index (χ3n) is 6.14. The van der Waals surface area contributed by atoms with Gasteiger partial charge in [-0.3, -0.25) is 9.79 Å². The number of halogens is 1. The Morgan fingerprint density at radius 1 is 1.35 bits per heavy atom. The first-order valence-electron chi connectivity index (χ1n) is 11.4. The molecule has 1 saturated carbocycles. The van der Waals surface area contributed by atoms with Crippen LogP contribution in [0.3, 0.4) is 0 Å². The molecule has 1 aromatic carbocycles. The molecule has 0 unspecified atom stereocenters. The quantitative estimate of drug-likeness (QED) is 0.443. The van der Waals surface area contributed by atoms with Gasteiger partial charge in [-0.2, -0.15) is 0 Å². The van der Waals surface area contributed by atoms with Crippen molar-refractivity contribution < 1.29 is 14.3 Å². The average molecular weight is 465 g/mol. The zero-order chi connectivity index (χ0) is 24.1. The van der Waals surface area contributed by atoms with E-state index >= 15 is 0 Å². The molecule has 34 heavy (non-hydrogen) atoms. The maximum atomic E-state index is 14.2. The number of amides is 1. The number of aliphatic imine (C=N–C) groups is 1. The van der Waals surface area contributed by atoms with Crippen molar-refractivity contribution in [3.8, 4) is 0 Å². The SMILES string of the molecule is CN=CC(=CN)c1cc(F)cc(CNC(=O)c2nccc3nc(C4CCCC4)n(CCO)c23)c1. The molecule has 9 heteroatoms. The molecule has 2 aromatic heterocycles. The molecule has 0 atom stereocenters. The molecule has 0 spiro atoms. The van der Waals surface area contributed by atoms with Gasteiger partial charge in [-0.05, 0) is 48.2 Å². The van der Waals surface area contributed by atoms with Gasteiger partial charge in [-0.15, -0.1) is 0 Å². The monoisotopic (exact) mass is 464 g/mol. The number of aliphatic hydroxyl groups is 1. The van der Waals surface area contributed by atoms with Gasteiger partial charge in [0.25, 0.3) is 5.91 Å². The van der Waals surface area contributed by atoms with Crippen LogP contribution in [0.4, 0.5) is 4.39 Å². The van der Waals surface area contributed by atoms with Gasteiger partial charge in [-0.1, -0.05) is 12.8 Å². The lowest BCUT2D eigenvalue weighted by atomic mass is 10.0. The zero-order valence-electron chi connectivity index (χ0n) is 19.2. The maximum Gasteiger partial charge on any atom is 0.272 e. The summed E-state index contributed by atoms with van der Waals surface area (Å²) in [5.41, 5.74) is 8.90. The second-order valence-corrected chi connectivity index (χ2v) is 8.39. The molecule has 0 aliphatic heterocycles. The minimum absolute atomic E-state index is 0.0642. The molecular weight excluding hydrogens is 435 g/mol. The van der Waals surface area contributed by atoms with E-state index in [1.54, 1.807) is 31.6 Å². The highest BCUT2D eigenvalue weighted by molar-refractivity contribution is 6.09. The van der Waals surface area contributed by atoms with Crippen LogP contribution in [0.15, 0.2) is 41.7 Å². The van der Waals surface area contributed by atoms with Crippen LogP contribution < -0.4 is 11.1 Å². The van der Waals surface area contributed by atoms with E-state index in [4.69, 9.17) is 10.7 Å². The van der Waals surface area contributed by atoms with Crippen molar-refractivity contribution in [3.63, 3.8) is 0 Å². The highest BCUT2D eigenvalue weighted by Gasteiger charge is 2.26. The van der Waals surface area contributed by atoms with Crippen molar-refractivity contribution >= 4 is 28.7 Å². The third kappa shape index (κ3) is 4.84. The van der Waals surface area contributed by atoms with Gasteiger partial charge in [-0.25, -0.2) is 14.4 Å². The van der Waals surface area contributed by atoms with Crippen LogP contribution in [0.1, 0.15) is 59.0 Å². The number of imidazole rings is 1. The van der Waals surface area contributed by atoms with Crippen LogP contribution in [-0.2, 0) is 13.1 Å². The van der Waals surface area contributed by atoms with Crippen LogP contribution in [0.5, 0.6) is 0 Å². The van der Waals surface area contributed by atoms with E-state index in [0.29, 0.717) is 40.2 Å². The summed E-state index contributed by atoms with van der Waals surface area (Å²) in [5, 5.41) is 12.5. The first kappa shape index (κ1) is 23.6. The molecule has 0 saturated heterocycles. The molecule has 178 valence electrons. The Hall–Kier alpha value is -3.59. The van der Waals surface area contributed by atoms with Gasteiger partial charge < -0.3 is 20.7 Å². The van der Waals surface area contributed by atoms with Crippen molar-refractivity contribution in [1.82, 2.24) is 19.9 Å². The van der Waals surface area contributed by atoms with Crippen LogP contribution in [0.25, 0.3) is 16.6 Å². The molecule has 1 aliphatic carbocycles. The number of hydrogen-bond acceptors (Lipinski definition) is 6. The number of fused-ring (bicyclic) bond motifs is 1. The Labute approximate surface area is 197 Å². The number of aromatic nitrogens is 3. The number of carbonyl (C=O) groups is 1. The molecule has 8 nitrogen and oxygen atoms in total. The van der Waals surface area contributed by atoms with Crippen molar-refractivity contribution in [2.75, 3.05) is 13.7 Å². The fourth-order valence-corrected chi connectivity index (χ4v) is 4.62. The maximum absolute atomic E-state index is 14.2. The number of carbonyl (C=O) groups excluding carboxylic acids is 1. The van der Waals surface area contributed by atoms with Crippen LogP contribution in [0.2, 0.25) is 0 Å². The minimum atomic E-state index is -0.437. The molecule has 0 bridgehead atoms. The highest BCUT2D eigenvalue weighted by atomic mass is 19.1. The number of nitrogens with one attached hydrogen (secondary N) is 1. The summed E-state index contributed by atoms with van der Waals surface area (Å²) in [6.45, 7) is 0.381. The van der Waals surface area contributed by atoms with Gasteiger partial charge in [0.05, 0.1) is 12.1 Å². The lowest BCUT2D eigenvalue weighted by molar-refractivity contribution is 0.0947. The molecule has 1 fully saturated rings. The van der Waals surface area contributed by atoms with Crippen LogP contribution in [0, 0.1) is 5.82 Å². The van der Waals surface area contributed by atoms with Gasteiger partial charge in [0.2, 0.25) is 0 Å². The summed E-state index contributed by atoms with van der Waals surface area (Å²) >= 11 is 0. The highest BCUT2D eigenvalue weighted by Crippen LogP contribution is 2.35. The van der Waals surface area contributed by atoms with Crippen molar-refractivity contribution in [1.29, 1.82) is 0 Å². The van der Waals surface area contributed by atoms with Gasteiger partial charge in [0.1, 0.15) is 17.2 Å². The number of pyridine rings is 1. The van der Waals surface area contributed by atoms with Crippen LogP contribution >= 0.6 is 0 Å². The molecule has 1 aliphatic rings. The predicted octanol–water partition coefficient (Wildman–Crippen LogP) is 3.15. The molecule has 2 heterocycles. The fraction of sp³-hybridized carbons (Fsp3) is 0.360. The topological polar surface area (TPSA) is 118 Å². The number of nitrogens with zero attached hydrogens (tertiary/aromatic N) is 4. The summed E-state index contributed by atoms with van der Waals surface area (Å²) in [6.07, 6.45) is 8.87. The lowest BCUT2D eigenvalue weighted by Crippen LogP contribution is -2.25. The average Bonchev–Trinajstić information content (AvgIpc) is 3.49. The van der Waals surface area contributed by atoms with E-state index in [0.717, 1.165) is 31.5 Å². The summed E-state index contributed by atoms with van der Waals surface area (Å²) in [7, 11) is 1.61. The van der Waals surface area contributed by atoms with Crippen LogP contribution in [-0.4, -0.2) is 45.4 Å². The van der Waals surface area contributed by atoms with E-state index < -0.39 is 11.7 Å². The second kappa shape index (κ2) is 10.6. The second-order valence-electron chi connectivity index (χ2n) is 8.39. The summed E-state index contributed by atoms with van der Waals surface area (Å²) in [6, 6.07) is 6.27. The van der Waals surface area contributed by atoms with Gasteiger partial charge in [0, 0.05) is 50.2 Å². The van der Waals surface area contributed by atoms with Gasteiger partial charge >= 0.3 is 0 Å². The van der Waals surface area contributed by atoms with Crippen molar-refractivity contribution in [2.45, 2.75) is 44.7 Å². The molecule has 3 aromatic rings. The Kier molecular flexibility index (Phi) is 7.32. The molecule has 4 rings (SSSR count). The first-order chi connectivity index (χ1) is 16.5. The Morgan fingerprint density at radius 3 is 2.85 bits per heavy atom. The molecule has 1 amide bonds.